The molecule has 96 valence electrons. The zero-order valence-electron chi connectivity index (χ0n) is 10.4. The maximum atomic E-state index is 13.5. The van der Waals surface area contributed by atoms with E-state index in [0.717, 1.165) is 19.3 Å². The van der Waals surface area contributed by atoms with E-state index in [1.807, 2.05) is 0 Å². The number of hydrogen-bond donors (Lipinski definition) is 2. The van der Waals surface area contributed by atoms with Gasteiger partial charge in [-0.05, 0) is 50.5 Å². The Hall–Kier alpha value is -0.900. The van der Waals surface area contributed by atoms with Crippen LogP contribution in [0.5, 0.6) is 0 Å². The summed E-state index contributed by atoms with van der Waals surface area (Å²) in [5, 5.41) is 12.1. The van der Waals surface area contributed by atoms with E-state index in [-0.39, 0.29) is 18.6 Å². The average molecular weight is 241 g/mol. The normalized spacial score (nSPS) is 34.8. The molecule has 1 amide bonds. The second kappa shape index (κ2) is 4.77. The fraction of sp³-hybridized carbons (Fsp3) is 0.769. The van der Waals surface area contributed by atoms with E-state index in [1.54, 1.807) is 13.8 Å². The summed E-state index contributed by atoms with van der Waals surface area (Å²) in [6, 6.07) is -0.0450. The number of aliphatic hydroxyl groups is 1. The zero-order valence-corrected chi connectivity index (χ0v) is 10.4. The minimum Gasteiger partial charge on any atom is -0.396 e. The van der Waals surface area contributed by atoms with Gasteiger partial charge in [0.25, 0.3) is 5.91 Å². The minimum absolute atomic E-state index is 0.0450. The van der Waals surface area contributed by atoms with Crippen molar-refractivity contribution in [2.45, 2.75) is 39.2 Å². The standard InChI is InChI=1S/C13H20FNO2/c1-7(2)11(14)13(17)15-12-9-4-3-8(5-9)10(12)6-16/h8-10,12,16H,3-6H2,1-2H3,(H,15,17). The monoisotopic (exact) mass is 241 g/mol. The highest BCUT2D eigenvalue weighted by Crippen LogP contribution is 2.48. The number of carbonyl (C=O) groups is 1. The summed E-state index contributed by atoms with van der Waals surface area (Å²) in [6.07, 6.45) is 3.28. The third-order valence-electron chi connectivity index (χ3n) is 4.24. The maximum Gasteiger partial charge on any atom is 0.280 e. The summed E-state index contributed by atoms with van der Waals surface area (Å²) in [5.41, 5.74) is 0.395. The van der Waals surface area contributed by atoms with Gasteiger partial charge in [-0.1, -0.05) is 0 Å². The number of carbonyl (C=O) groups excluding carboxylic acids is 1. The zero-order chi connectivity index (χ0) is 12.6. The molecule has 0 aromatic rings. The third-order valence-corrected chi connectivity index (χ3v) is 4.24. The number of nitrogens with one attached hydrogen (secondary N) is 1. The second-order valence-corrected chi connectivity index (χ2v) is 5.49. The van der Waals surface area contributed by atoms with Crippen molar-refractivity contribution >= 4 is 5.91 Å². The molecule has 3 nitrogen and oxygen atoms in total. The molecule has 2 aliphatic rings. The van der Waals surface area contributed by atoms with Crippen molar-refractivity contribution in [2.24, 2.45) is 17.8 Å². The molecule has 4 heteroatoms. The Morgan fingerprint density at radius 1 is 1.35 bits per heavy atom. The van der Waals surface area contributed by atoms with Crippen molar-refractivity contribution < 1.29 is 14.3 Å². The van der Waals surface area contributed by atoms with E-state index in [1.165, 1.54) is 0 Å². The van der Waals surface area contributed by atoms with Crippen LogP contribution in [0.25, 0.3) is 0 Å². The van der Waals surface area contributed by atoms with Gasteiger partial charge in [0.1, 0.15) is 0 Å². The number of fused-ring (bicyclic) bond motifs is 2. The summed E-state index contributed by atoms with van der Waals surface area (Å²) >= 11 is 0. The Morgan fingerprint density at radius 2 is 2.00 bits per heavy atom. The van der Waals surface area contributed by atoms with Gasteiger partial charge in [-0.3, -0.25) is 4.79 Å². The van der Waals surface area contributed by atoms with Crippen LogP contribution in [0.4, 0.5) is 4.39 Å². The highest BCUT2D eigenvalue weighted by atomic mass is 19.1. The van der Waals surface area contributed by atoms with Gasteiger partial charge in [0, 0.05) is 18.6 Å². The van der Waals surface area contributed by atoms with E-state index in [2.05, 4.69) is 5.32 Å². The van der Waals surface area contributed by atoms with Crippen molar-refractivity contribution in [3.05, 3.63) is 11.4 Å². The van der Waals surface area contributed by atoms with Gasteiger partial charge in [-0.25, -0.2) is 4.39 Å². The van der Waals surface area contributed by atoms with Crippen molar-refractivity contribution in [3.63, 3.8) is 0 Å². The van der Waals surface area contributed by atoms with Gasteiger partial charge >= 0.3 is 0 Å². The minimum atomic E-state index is -0.690. The van der Waals surface area contributed by atoms with Gasteiger partial charge in [-0.15, -0.1) is 0 Å². The van der Waals surface area contributed by atoms with Crippen LogP contribution in [0.15, 0.2) is 11.4 Å². The molecule has 2 aliphatic carbocycles. The molecule has 2 bridgehead atoms. The van der Waals surface area contributed by atoms with Crippen LogP contribution in [-0.4, -0.2) is 23.7 Å². The van der Waals surface area contributed by atoms with Crippen molar-refractivity contribution in [1.82, 2.24) is 5.32 Å². The van der Waals surface area contributed by atoms with Gasteiger partial charge in [-0.2, -0.15) is 0 Å². The van der Waals surface area contributed by atoms with E-state index >= 15 is 0 Å². The first-order valence-electron chi connectivity index (χ1n) is 6.29. The van der Waals surface area contributed by atoms with Gasteiger partial charge in [0.15, 0.2) is 5.83 Å². The van der Waals surface area contributed by atoms with Crippen LogP contribution >= 0.6 is 0 Å². The topological polar surface area (TPSA) is 49.3 Å². The molecular weight excluding hydrogens is 221 g/mol. The van der Waals surface area contributed by atoms with Crippen LogP contribution in [-0.2, 0) is 4.79 Å². The lowest BCUT2D eigenvalue weighted by Gasteiger charge is -2.30. The highest BCUT2D eigenvalue weighted by molar-refractivity contribution is 5.92. The Balaban J connectivity index is 2.04. The summed E-state index contributed by atoms with van der Waals surface area (Å²) in [6.45, 7) is 3.25. The smallest absolute Gasteiger partial charge is 0.280 e. The molecule has 0 aliphatic heterocycles. The molecule has 0 radical (unpaired) electrons. The quantitative estimate of drug-likeness (QED) is 0.740. The van der Waals surface area contributed by atoms with E-state index in [9.17, 15) is 14.3 Å². The number of allylic oxidation sites excluding steroid dienone is 1. The molecule has 0 aromatic heterocycles. The Bertz CT molecular complexity index is 349. The van der Waals surface area contributed by atoms with E-state index < -0.39 is 11.7 Å². The summed E-state index contributed by atoms with van der Waals surface area (Å²) in [4.78, 5) is 11.7. The lowest BCUT2D eigenvalue weighted by molar-refractivity contribution is -0.120. The Labute approximate surface area is 101 Å². The Morgan fingerprint density at radius 3 is 2.59 bits per heavy atom. The molecular formula is C13H20FNO2. The van der Waals surface area contributed by atoms with Crippen LogP contribution in [0, 0.1) is 17.8 Å². The number of rotatable bonds is 3. The van der Waals surface area contributed by atoms with E-state index in [0.29, 0.717) is 17.4 Å². The first-order chi connectivity index (χ1) is 8.04. The lowest BCUT2D eigenvalue weighted by Crippen LogP contribution is -2.45. The highest BCUT2D eigenvalue weighted by Gasteiger charge is 2.47. The number of hydrogen-bond acceptors (Lipinski definition) is 2. The van der Waals surface area contributed by atoms with Crippen molar-refractivity contribution in [2.75, 3.05) is 6.61 Å². The molecule has 2 N–H and O–H groups in total. The Kier molecular flexibility index (Phi) is 3.52. The van der Waals surface area contributed by atoms with Crippen molar-refractivity contribution in [1.29, 1.82) is 0 Å². The van der Waals surface area contributed by atoms with Gasteiger partial charge in [0.05, 0.1) is 0 Å². The van der Waals surface area contributed by atoms with Crippen molar-refractivity contribution in [3.8, 4) is 0 Å². The number of amides is 1. The molecule has 2 fully saturated rings. The fourth-order valence-corrected chi connectivity index (χ4v) is 3.34. The molecule has 0 spiro atoms. The van der Waals surface area contributed by atoms with Crippen LogP contribution in [0.1, 0.15) is 33.1 Å². The fourth-order valence-electron chi connectivity index (χ4n) is 3.34. The number of halogens is 1. The van der Waals surface area contributed by atoms with E-state index in [4.69, 9.17) is 0 Å². The predicted molar refractivity (Wildman–Crippen MR) is 62.8 cm³/mol. The van der Waals surface area contributed by atoms with Crippen LogP contribution in [0.3, 0.4) is 0 Å². The first-order valence-corrected chi connectivity index (χ1v) is 6.29. The summed E-state index contributed by atoms with van der Waals surface area (Å²) in [5.74, 6) is -0.274. The molecule has 4 atom stereocenters. The molecule has 2 rings (SSSR count). The maximum absolute atomic E-state index is 13.5. The SMILES string of the molecule is CC(C)=C(F)C(=O)NC1C2CCC(C2)C1CO. The molecule has 4 unspecified atom stereocenters. The lowest BCUT2D eigenvalue weighted by atomic mass is 9.85. The molecule has 0 aromatic carbocycles. The summed E-state index contributed by atoms with van der Waals surface area (Å²) in [7, 11) is 0. The summed E-state index contributed by atoms with van der Waals surface area (Å²) < 4.78 is 13.5. The van der Waals surface area contributed by atoms with Gasteiger partial charge < -0.3 is 10.4 Å². The third kappa shape index (κ3) is 2.23. The molecule has 0 saturated heterocycles. The van der Waals surface area contributed by atoms with Gasteiger partial charge in [0.2, 0.25) is 0 Å². The molecule has 2 saturated carbocycles. The first kappa shape index (κ1) is 12.6. The second-order valence-electron chi connectivity index (χ2n) is 5.49. The molecule has 17 heavy (non-hydrogen) atoms. The largest absolute Gasteiger partial charge is 0.396 e. The average Bonchev–Trinajstić information content (AvgIpc) is 2.88. The number of aliphatic hydroxyl groups excluding tert-OH is 1. The van der Waals surface area contributed by atoms with Crippen LogP contribution in [0.2, 0.25) is 0 Å². The predicted octanol–water partition coefficient (Wildman–Crippen LogP) is 1.77. The van der Waals surface area contributed by atoms with Crippen LogP contribution < -0.4 is 5.32 Å². The molecule has 0 heterocycles.